The van der Waals surface area contributed by atoms with E-state index >= 15 is 0 Å². The Kier molecular flexibility index (Phi) is 30.2. The SMILES string of the molecule is CC(=O)NCSC[C@H](NC(=O)[C@H](CO)NC(=O)CN(C)C)C(=O)NCC(=O)NCCC(=O)NCCC(=O)N[C@@H](CCCN=C(N)N)C(=O)NCC(=O)N[C@@H](CC(=O)O)C(=O)N[C@@H](CO)C(N)=O. The van der Waals surface area contributed by atoms with E-state index in [1.807, 2.05) is 5.32 Å². The Morgan fingerprint density at radius 1 is 0.597 bits per heavy atom. The number of amides is 11. The lowest BCUT2D eigenvalue weighted by atomic mass is 10.1. The number of carboxylic acid groups (broad SMARTS) is 1. The molecule has 0 saturated heterocycles. The van der Waals surface area contributed by atoms with Crippen LogP contribution in [-0.2, 0) is 57.5 Å². The van der Waals surface area contributed by atoms with Crippen molar-refractivity contribution in [3.05, 3.63) is 0 Å². The van der Waals surface area contributed by atoms with Crippen molar-refractivity contribution in [3.63, 3.8) is 0 Å². The number of hydrogen-bond donors (Lipinski definition) is 16. The maximum absolute atomic E-state index is 13.0. The lowest BCUT2D eigenvalue weighted by Gasteiger charge is -2.22. The van der Waals surface area contributed by atoms with Crippen LogP contribution in [0.2, 0.25) is 0 Å². The van der Waals surface area contributed by atoms with Gasteiger partial charge in [0.1, 0.15) is 30.2 Å². The van der Waals surface area contributed by atoms with Crippen LogP contribution < -0.4 is 70.4 Å². The molecular weight excluding hydrogens is 915 g/mol. The summed E-state index contributed by atoms with van der Waals surface area (Å²) in [7, 11) is 3.23. The fourth-order valence-electron chi connectivity index (χ4n) is 5.02. The zero-order valence-corrected chi connectivity index (χ0v) is 38.1. The Labute approximate surface area is 388 Å². The molecule has 67 heavy (non-hydrogen) atoms. The van der Waals surface area contributed by atoms with Gasteiger partial charge in [-0.2, -0.15) is 0 Å². The summed E-state index contributed by atoms with van der Waals surface area (Å²) in [5.74, 6) is -10.6. The average molecular weight is 978 g/mol. The molecule has 5 atom stereocenters. The smallest absolute Gasteiger partial charge is 0.305 e. The summed E-state index contributed by atoms with van der Waals surface area (Å²) in [5, 5.41) is 51.3. The molecule has 0 saturated carbocycles. The number of guanidine groups is 1. The molecule has 0 heterocycles. The van der Waals surface area contributed by atoms with Crippen molar-refractivity contribution in [1.29, 1.82) is 0 Å². The highest BCUT2D eigenvalue weighted by Gasteiger charge is 2.29. The average Bonchev–Trinajstić information content (AvgIpc) is 3.23. The summed E-state index contributed by atoms with van der Waals surface area (Å²) in [6, 6.07) is -7.25. The Morgan fingerprint density at radius 2 is 1.12 bits per heavy atom. The van der Waals surface area contributed by atoms with Crippen LogP contribution in [0, 0.1) is 0 Å². The van der Waals surface area contributed by atoms with E-state index in [4.69, 9.17) is 22.3 Å². The number of carboxylic acids is 1. The first-order valence-electron chi connectivity index (χ1n) is 20.3. The second kappa shape index (κ2) is 33.6. The third kappa shape index (κ3) is 29.3. The normalized spacial score (nSPS) is 12.8. The Morgan fingerprint density at radius 3 is 1.67 bits per heavy atom. The molecule has 0 aromatic rings. The molecule has 378 valence electrons. The second-order valence-electron chi connectivity index (χ2n) is 14.4. The minimum Gasteiger partial charge on any atom is -0.481 e. The van der Waals surface area contributed by atoms with Gasteiger partial charge >= 0.3 is 5.97 Å². The number of aliphatic imine (C=N–C) groups is 1. The molecule has 0 aliphatic rings. The van der Waals surface area contributed by atoms with Crippen molar-refractivity contribution in [3.8, 4) is 0 Å². The van der Waals surface area contributed by atoms with Gasteiger partial charge in [-0.3, -0.25) is 62.5 Å². The van der Waals surface area contributed by atoms with Crippen LogP contribution in [0.5, 0.6) is 0 Å². The van der Waals surface area contributed by atoms with Crippen LogP contribution in [0.1, 0.15) is 39.0 Å². The molecule has 0 aromatic heterocycles. The first-order valence-corrected chi connectivity index (χ1v) is 21.5. The quantitative estimate of drug-likeness (QED) is 0.0123. The van der Waals surface area contributed by atoms with Crippen LogP contribution >= 0.6 is 11.8 Å². The number of likely N-dealkylation sites (N-methyl/N-ethyl adjacent to an activating group) is 1. The largest absolute Gasteiger partial charge is 0.481 e. The fourth-order valence-corrected chi connectivity index (χ4v) is 5.91. The van der Waals surface area contributed by atoms with Gasteiger partial charge in [-0.25, -0.2) is 0 Å². The van der Waals surface area contributed by atoms with Gasteiger partial charge in [0.25, 0.3) is 0 Å². The fraction of sp³-hybridized carbons (Fsp3) is 0.639. The van der Waals surface area contributed by atoms with Gasteiger partial charge in [-0.1, -0.05) is 0 Å². The molecule has 0 aliphatic heterocycles. The summed E-state index contributed by atoms with van der Waals surface area (Å²) >= 11 is 1.06. The summed E-state index contributed by atoms with van der Waals surface area (Å²) in [5.41, 5.74) is 15.7. The number of rotatable bonds is 34. The van der Waals surface area contributed by atoms with Gasteiger partial charge in [0, 0.05) is 45.2 Å². The summed E-state index contributed by atoms with van der Waals surface area (Å²) < 4.78 is 0. The van der Waals surface area contributed by atoms with Gasteiger partial charge in [-0.05, 0) is 26.9 Å². The van der Waals surface area contributed by atoms with Crippen LogP contribution in [0.25, 0.3) is 0 Å². The first-order chi connectivity index (χ1) is 31.5. The monoisotopic (exact) mass is 977 g/mol. The molecule has 0 bridgehead atoms. The Hall–Kier alpha value is -6.86. The van der Waals surface area contributed by atoms with Gasteiger partial charge in [0.05, 0.1) is 45.1 Å². The van der Waals surface area contributed by atoms with Crippen molar-refractivity contribution in [2.24, 2.45) is 22.2 Å². The van der Waals surface area contributed by atoms with Crippen molar-refractivity contribution >= 4 is 88.7 Å². The zero-order chi connectivity index (χ0) is 51.1. The number of primary amides is 1. The molecule has 31 heteroatoms. The number of carbonyl (C=O) groups excluding carboxylic acids is 11. The molecule has 0 unspecified atom stereocenters. The minimum atomic E-state index is -1.74. The summed E-state index contributed by atoms with van der Waals surface area (Å²) in [6.45, 7) is -2.24. The van der Waals surface area contributed by atoms with E-state index in [-0.39, 0.29) is 75.4 Å². The standard InChI is InChI=1S/C36H63N15O15S/c1-19(54)45-18-67-17-24(50-35(66)23(16-53)48-29(59)14-51(2)3)33(64)43-12-27(57)41-9-6-25(55)40-10-7-26(56)46-20(5-4-8-42-36(38)39)32(63)44-13-28(58)47-21(11-30(60)61)34(65)49-22(15-52)31(37)62/h20-24,52-53H,4-18H2,1-3H3,(H2,37,62)(H,40,55)(H,41,57)(H,43,64)(H,44,63)(H,45,54)(H,46,56)(H,47,58)(H,48,59)(H,49,65)(H,50,66)(H,60,61)(H4,38,39,42)/t20-,21-,22-,23-,24-/m0/s1. The van der Waals surface area contributed by atoms with E-state index in [0.717, 1.165) is 11.8 Å². The predicted molar refractivity (Wildman–Crippen MR) is 236 cm³/mol. The Balaban J connectivity index is 5.19. The van der Waals surface area contributed by atoms with Crippen LogP contribution in [0.15, 0.2) is 4.99 Å². The predicted octanol–water partition coefficient (Wildman–Crippen LogP) is -9.96. The molecule has 0 fully saturated rings. The topological polar surface area (TPSA) is 479 Å². The van der Waals surface area contributed by atoms with Gasteiger partial charge < -0.3 is 90.6 Å². The summed E-state index contributed by atoms with van der Waals surface area (Å²) in [4.78, 5) is 153. The number of aliphatic carboxylic acids is 1. The maximum atomic E-state index is 13.0. The van der Waals surface area contributed by atoms with Gasteiger partial charge in [-0.15, -0.1) is 11.8 Å². The number of thioether (sulfide) groups is 1. The zero-order valence-electron chi connectivity index (χ0n) is 37.3. The van der Waals surface area contributed by atoms with Crippen molar-refractivity contribution in [1.82, 2.24) is 58.1 Å². The third-order valence-electron chi connectivity index (χ3n) is 8.30. The van der Waals surface area contributed by atoms with Crippen molar-refractivity contribution in [2.45, 2.75) is 69.2 Å². The van der Waals surface area contributed by atoms with Crippen LogP contribution in [-0.4, -0.2) is 206 Å². The lowest BCUT2D eigenvalue weighted by Crippen LogP contribution is -2.57. The highest BCUT2D eigenvalue weighted by molar-refractivity contribution is 7.99. The second-order valence-corrected chi connectivity index (χ2v) is 15.4. The van der Waals surface area contributed by atoms with Crippen molar-refractivity contribution < 1.29 is 72.9 Å². The highest BCUT2D eigenvalue weighted by atomic mass is 32.2. The third-order valence-corrected chi connectivity index (χ3v) is 9.22. The van der Waals surface area contributed by atoms with E-state index < -0.39 is 128 Å². The molecule has 0 aromatic carbocycles. The molecule has 30 nitrogen and oxygen atoms in total. The van der Waals surface area contributed by atoms with E-state index in [1.54, 1.807) is 14.1 Å². The molecular formula is C36H63N15O15S. The van der Waals surface area contributed by atoms with Crippen LogP contribution in [0.3, 0.4) is 0 Å². The van der Waals surface area contributed by atoms with Crippen molar-refractivity contribution in [2.75, 3.05) is 78.2 Å². The minimum absolute atomic E-state index is 0.0455. The van der Waals surface area contributed by atoms with E-state index in [9.17, 15) is 67.7 Å². The summed E-state index contributed by atoms with van der Waals surface area (Å²) in [6.07, 6.45) is -1.42. The van der Waals surface area contributed by atoms with Gasteiger partial charge in [0.2, 0.25) is 65.0 Å². The molecule has 0 radical (unpaired) electrons. The van der Waals surface area contributed by atoms with E-state index in [0.29, 0.717) is 0 Å². The number of carbonyl (C=O) groups is 12. The molecule has 0 aliphatic carbocycles. The number of nitrogens with zero attached hydrogens (tertiary/aromatic N) is 2. The number of nitrogens with one attached hydrogen (secondary N) is 10. The number of aliphatic hydroxyl groups is 2. The van der Waals surface area contributed by atoms with Crippen LogP contribution in [0.4, 0.5) is 0 Å². The molecule has 0 spiro atoms. The maximum Gasteiger partial charge on any atom is 0.305 e. The molecule has 0 rings (SSSR count). The van der Waals surface area contributed by atoms with E-state index in [1.165, 1.54) is 11.8 Å². The highest BCUT2D eigenvalue weighted by Crippen LogP contribution is 2.04. The van der Waals surface area contributed by atoms with Gasteiger partial charge in [0.15, 0.2) is 5.96 Å². The lowest BCUT2D eigenvalue weighted by molar-refractivity contribution is -0.141. The molecule has 19 N–H and O–H groups in total. The number of aliphatic hydroxyl groups excluding tert-OH is 2. The Bertz CT molecular complexity index is 1770. The number of hydrogen-bond acceptors (Lipinski definition) is 17. The number of nitrogens with two attached hydrogens (primary N) is 3. The van der Waals surface area contributed by atoms with E-state index in [2.05, 4.69) is 52.8 Å². The molecule has 11 amide bonds. The first kappa shape index (κ1) is 60.1.